The SMILES string of the molecule is CC1=NCC1. The molecule has 0 fully saturated rings. The van der Waals surface area contributed by atoms with Crippen molar-refractivity contribution >= 4 is 5.71 Å². The van der Waals surface area contributed by atoms with Crippen LogP contribution in [0.25, 0.3) is 0 Å². The molecular weight excluding hydrogens is 62.1 g/mol. The molecule has 1 heteroatoms. The smallest absolute Gasteiger partial charge is 0.0440 e. The summed E-state index contributed by atoms with van der Waals surface area (Å²) in [5.74, 6) is 0. The van der Waals surface area contributed by atoms with Crippen molar-refractivity contribution in [2.24, 2.45) is 4.99 Å². The van der Waals surface area contributed by atoms with Gasteiger partial charge in [-0.1, -0.05) is 0 Å². The van der Waals surface area contributed by atoms with Crippen molar-refractivity contribution in [1.82, 2.24) is 0 Å². The van der Waals surface area contributed by atoms with E-state index in [1.165, 1.54) is 12.1 Å². The van der Waals surface area contributed by atoms with Crippen LogP contribution in [0.1, 0.15) is 13.3 Å². The van der Waals surface area contributed by atoms with Crippen LogP contribution in [0.2, 0.25) is 0 Å². The minimum absolute atomic E-state index is 1.08. The maximum Gasteiger partial charge on any atom is 0.0440 e. The maximum atomic E-state index is 3.99. The second-order valence-corrected chi connectivity index (χ2v) is 1.37. The zero-order valence-corrected chi connectivity index (χ0v) is 3.36. The first-order valence-electron chi connectivity index (χ1n) is 1.89. The third kappa shape index (κ3) is 0.318. The molecule has 0 N–H and O–H groups in total. The fraction of sp³-hybridized carbons (Fsp3) is 0.750. The van der Waals surface area contributed by atoms with Crippen molar-refractivity contribution in [2.75, 3.05) is 6.54 Å². The summed E-state index contributed by atoms with van der Waals surface area (Å²) in [4.78, 5) is 3.99. The fourth-order valence-corrected chi connectivity index (χ4v) is 0.335. The van der Waals surface area contributed by atoms with Crippen molar-refractivity contribution < 1.29 is 0 Å². The Morgan fingerprint density at radius 2 is 2.20 bits per heavy atom. The Morgan fingerprint density at radius 3 is 2.20 bits per heavy atom. The second kappa shape index (κ2) is 0.814. The van der Waals surface area contributed by atoms with E-state index < -0.39 is 0 Å². The van der Waals surface area contributed by atoms with E-state index in [0.29, 0.717) is 0 Å². The van der Waals surface area contributed by atoms with Crippen molar-refractivity contribution in [3.63, 3.8) is 0 Å². The number of rotatable bonds is 0. The van der Waals surface area contributed by atoms with Crippen LogP contribution >= 0.6 is 0 Å². The lowest BCUT2D eigenvalue weighted by Crippen LogP contribution is -2.05. The summed E-state index contributed by atoms with van der Waals surface area (Å²) in [7, 11) is 0. The van der Waals surface area contributed by atoms with Gasteiger partial charge in [0.2, 0.25) is 0 Å². The average Bonchev–Trinajstić information content (AvgIpc) is 1.30. The Balaban J connectivity index is 2.51. The average molecular weight is 69.1 g/mol. The number of aliphatic imine (C=N–C) groups is 1. The van der Waals surface area contributed by atoms with E-state index in [9.17, 15) is 0 Å². The van der Waals surface area contributed by atoms with Gasteiger partial charge >= 0.3 is 0 Å². The summed E-state index contributed by atoms with van der Waals surface area (Å²) >= 11 is 0. The van der Waals surface area contributed by atoms with Gasteiger partial charge in [0.1, 0.15) is 0 Å². The van der Waals surface area contributed by atoms with Crippen LogP contribution in [-0.4, -0.2) is 12.3 Å². The van der Waals surface area contributed by atoms with Gasteiger partial charge in [0.15, 0.2) is 0 Å². The topological polar surface area (TPSA) is 12.4 Å². The van der Waals surface area contributed by atoms with E-state index in [1.807, 2.05) is 0 Å². The third-order valence-electron chi connectivity index (χ3n) is 0.855. The van der Waals surface area contributed by atoms with Gasteiger partial charge in [-0.2, -0.15) is 0 Å². The highest BCUT2D eigenvalue weighted by Gasteiger charge is 1.96. The van der Waals surface area contributed by atoms with Gasteiger partial charge in [0.25, 0.3) is 0 Å². The molecule has 1 aliphatic heterocycles. The standard InChI is InChI=1S/C4H7N/c1-4-2-3-5-4/h2-3H2,1H3. The predicted octanol–water partition coefficient (Wildman–Crippen LogP) is 0.851. The van der Waals surface area contributed by atoms with E-state index >= 15 is 0 Å². The summed E-state index contributed by atoms with van der Waals surface area (Å²) in [5.41, 5.74) is 1.31. The molecule has 0 bridgehead atoms. The van der Waals surface area contributed by atoms with E-state index in [1.54, 1.807) is 0 Å². The molecule has 1 rings (SSSR count). The molecule has 0 aromatic rings. The van der Waals surface area contributed by atoms with Crippen LogP contribution in [0.4, 0.5) is 0 Å². The highest BCUT2D eigenvalue weighted by Crippen LogP contribution is 1.96. The molecule has 1 heterocycles. The monoisotopic (exact) mass is 69.1 g/mol. The molecule has 0 radical (unpaired) electrons. The summed E-state index contributed by atoms with van der Waals surface area (Å²) in [6.45, 7) is 3.13. The van der Waals surface area contributed by atoms with Crippen LogP contribution in [0, 0.1) is 0 Å². The van der Waals surface area contributed by atoms with Crippen LogP contribution in [0.5, 0.6) is 0 Å². The highest BCUT2D eigenvalue weighted by molar-refractivity contribution is 5.85. The Bertz CT molecular complexity index is 64.0. The quantitative estimate of drug-likeness (QED) is 0.400. The summed E-state index contributed by atoms with van der Waals surface area (Å²) in [5, 5.41) is 0. The van der Waals surface area contributed by atoms with Crippen molar-refractivity contribution in [3.05, 3.63) is 0 Å². The number of hydrogen-bond donors (Lipinski definition) is 0. The Labute approximate surface area is 31.7 Å². The van der Waals surface area contributed by atoms with E-state index in [0.717, 1.165) is 6.54 Å². The summed E-state index contributed by atoms with van der Waals surface area (Å²) in [6.07, 6.45) is 1.24. The van der Waals surface area contributed by atoms with Crippen LogP contribution < -0.4 is 0 Å². The molecule has 1 aliphatic rings. The third-order valence-corrected chi connectivity index (χ3v) is 0.855. The number of nitrogens with zero attached hydrogens (tertiary/aromatic N) is 1. The van der Waals surface area contributed by atoms with E-state index in [4.69, 9.17) is 0 Å². The first-order valence-corrected chi connectivity index (χ1v) is 1.89. The van der Waals surface area contributed by atoms with E-state index in [2.05, 4.69) is 11.9 Å². The fourth-order valence-electron chi connectivity index (χ4n) is 0.335. The largest absolute Gasteiger partial charge is 0.294 e. The summed E-state index contributed by atoms with van der Waals surface area (Å²) < 4.78 is 0. The molecule has 0 atom stereocenters. The van der Waals surface area contributed by atoms with Gasteiger partial charge in [0.05, 0.1) is 0 Å². The molecule has 0 saturated heterocycles. The Hall–Kier alpha value is -0.330. The Kier molecular flexibility index (Phi) is 0.469. The second-order valence-electron chi connectivity index (χ2n) is 1.37. The van der Waals surface area contributed by atoms with Crippen molar-refractivity contribution in [2.45, 2.75) is 13.3 Å². The zero-order valence-electron chi connectivity index (χ0n) is 3.36. The van der Waals surface area contributed by atoms with Gasteiger partial charge in [-0.05, 0) is 6.92 Å². The molecule has 0 aromatic heterocycles. The molecule has 0 amide bonds. The highest BCUT2D eigenvalue weighted by atomic mass is 14.8. The first-order chi connectivity index (χ1) is 2.39. The lowest BCUT2D eigenvalue weighted by atomic mass is 10.2. The normalized spacial score (nSPS) is 20.6. The van der Waals surface area contributed by atoms with Crippen molar-refractivity contribution in [3.8, 4) is 0 Å². The molecule has 0 aliphatic carbocycles. The molecular formula is C4H7N. The van der Waals surface area contributed by atoms with Crippen molar-refractivity contribution in [1.29, 1.82) is 0 Å². The maximum absolute atomic E-state index is 3.99. The van der Waals surface area contributed by atoms with Gasteiger partial charge in [-0.15, -0.1) is 0 Å². The molecule has 0 spiro atoms. The van der Waals surface area contributed by atoms with E-state index in [-0.39, 0.29) is 0 Å². The van der Waals surface area contributed by atoms with Crippen LogP contribution in [-0.2, 0) is 0 Å². The number of hydrogen-bond acceptors (Lipinski definition) is 1. The zero-order chi connectivity index (χ0) is 3.70. The molecule has 1 nitrogen and oxygen atoms in total. The Morgan fingerprint density at radius 1 is 1.80 bits per heavy atom. The van der Waals surface area contributed by atoms with Gasteiger partial charge in [0, 0.05) is 18.7 Å². The lowest BCUT2D eigenvalue weighted by Gasteiger charge is -2.04. The molecule has 5 heavy (non-hydrogen) atoms. The molecule has 0 unspecified atom stereocenters. The molecule has 0 saturated carbocycles. The minimum atomic E-state index is 1.08. The first kappa shape index (κ1) is 2.88. The minimum Gasteiger partial charge on any atom is -0.294 e. The molecule has 0 aromatic carbocycles. The van der Waals surface area contributed by atoms with Crippen LogP contribution in [0.3, 0.4) is 0 Å². The predicted molar refractivity (Wildman–Crippen MR) is 22.6 cm³/mol. The molecule has 28 valence electrons. The summed E-state index contributed by atoms with van der Waals surface area (Å²) in [6, 6.07) is 0. The lowest BCUT2D eigenvalue weighted by molar-refractivity contribution is 0.939. The van der Waals surface area contributed by atoms with Gasteiger partial charge in [-0.25, -0.2) is 0 Å². The van der Waals surface area contributed by atoms with Crippen LogP contribution in [0.15, 0.2) is 4.99 Å². The van der Waals surface area contributed by atoms with Gasteiger partial charge < -0.3 is 0 Å². The van der Waals surface area contributed by atoms with Gasteiger partial charge in [-0.3, -0.25) is 4.99 Å².